The van der Waals surface area contributed by atoms with Gasteiger partial charge in [-0.3, -0.25) is 4.79 Å². The Hall–Kier alpha value is -0.870. The second-order valence-electron chi connectivity index (χ2n) is 2.95. The molecule has 0 saturated carbocycles. The smallest absolute Gasteiger partial charge is 0.337 e. The number of carbonyl (C=O) groups excluding carboxylic acids is 1. The fourth-order valence-corrected chi connectivity index (χ4v) is 1.81. The number of Topliss-reactive ketones (excluding diaryl/α,β-unsaturated/α-hetero) is 1. The van der Waals surface area contributed by atoms with Crippen LogP contribution in [0.2, 0.25) is 0 Å². The van der Waals surface area contributed by atoms with Crippen LogP contribution in [0, 0.1) is 0 Å². The number of carboxylic acids is 1. The normalized spacial score (nSPS) is 12.2. The summed E-state index contributed by atoms with van der Waals surface area (Å²) < 4.78 is 0.373. The summed E-state index contributed by atoms with van der Waals surface area (Å²) in [5.74, 6) is -1.54. The highest BCUT2D eigenvalue weighted by Gasteiger charge is 2.21. The van der Waals surface area contributed by atoms with E-state index in [-0.39, 0.29) is 11.1 Å². The van der Waals surface area contributed by atoms with E-state index in [1.165, 1.54) is 13.0 Å². The zero-order valence-corrected chi connectivity index (χ0v) is 10.2. The highest BCUT2D eigenvalue weighted by atomic mass is 79.9. The van der Waals surface area contributed by atoms with E-state index in [1.807, 2.05) is 0 Å². The lowest BCUT2D eigenvalue weighted by Gasteiger charge is -2.07. The van der Waals surface area contributed by atoms with Gasteiger partial charge in [0, 0.05) is 10.0 Å². The van der Waals surface area contributed by atoms with E-state index in [0.717, 1.165) is 0 Å². The third-order valence-corrected chi connectivity index (χ3v) is 2.71. The van der Waals surface area contributed by atoms with Gasteiger partial charge in [0.15, 0.2) is 5.78 Å². The van der Waals surface area contributed by atoms with Gasteiger partial charge in [-0.25, -0.2) is 4.79 Å². The Morgan fingerprint density at radius 3 is 2.53 bits per heavy atom. The van der Waals surface area contributed by atoms with E-state index in [9.17, 15) is 9.59 Å². The summed E-state index contributed by atoms with van der Waals surface area (Å²) in [7, 11) is 0. The molecule has 5 heteroatoms. The molecule has 0 aliphatic heterocycles. The predicted octanol–water partition coefficient (Wildman–Crippen LogP) is 2.96. The molecule has 0 aliphatic carbocycles. The summed E-state index contributed by atoms with van der Waals surface area (Å²) >= 11 is 8.72. The van der Waals surface area contributed by atoms with Crippen LogP contribution in [-0.2, 0) is 0 Å². The molecular weight excluding hydrogens is 283 g/mol. The Labute approximate surface area is 100 Å². The highest BCUT2D eigenvalue weighted by Crippen LogP contribution is 2.22. The van der Waals surface area contributed by atoms with Crippen LogP contribution >= 0.6 is 27.5 Å². The summed E-state index contributed by atoms with van der Waals surface area (Å²) in [5, 5.41) is 8.21. The van der Waals surface area contributed by atoms with Crippen molar-refractivity contribution in [2.24, 2.45) is 0 Å². The minimum absolute atomic E-state index is 0.0463. The van der Waals surface area contributed by atoms with Gasteiger partial charge in [0.1, 0.15) is 0 Å². The van der Waals surface area contributed by atoms with Crippen molar-refractivity contribution in [3.8, 4) is 0 Å². The molecule has 0 radical (unpaired) electrons. The molecule has 0 fully saturated rings. The van der Waals surface area contributed by atoms with E-state index in [0.29, 0.717) is 4.47 Å². The average molecular weight is 292 g/mol. The molecular formula is C10H8BrClO3. The molecule has 3 nitrogen and oxygen atoms in total. The number of aromatic carboxylic acids is 1. The van der Waals surface area contributed by atoms with Gasteiger partial charge in [-0.1, -0.05) is 12.1 Å². The van der Waals surface area contributed by atoms with Gasteiger partial charge >= 0.3 is 5.97 Å². The monoisotopic (exact) mass is 290 g/mol. The first-order chi connectivity index (χ1) is 6.95. The standard InChI is InChI=1S/C10H8BrClO3/c1-5(12)9(13)6-3-2-4-7(11)8(6)10(14)15/h2-5H,1H3,(H,14,15). The largest absolute Gasteiger partial charge is 0.478 e. The topological polar surface area (TPSA) is 54.4 Å². The SMILES string of the molecule is CC(Cl)C(=O)c1cccc(Br)c1C(=O)O. The first-order valence-corrected chi connectivity index (χ1v) is 5.38. The number of benzene rings is 1. The van der Waals surface area contributed by atoms with Crippen LogP contribution < -0.4 is 0 Å². The van der Waals surface area contributed by atoms with Gasteiger partial charge in [-0.2, -0.15) is 0 Å². The number of carbonyl (C=O) groups is 2. The van der Waals surface area contributed by atoms with E-state index in [1.54, 1.807) is 12.1 Å². The van der Waals surface area contributed by atoms with Gasteiger partial charge in [-0.05, 0) is 28.9 Å². The van der Waals surface area contributed by atoms with Gasteiger partial charge in [0.25, 0.3) is 0 Å². The molecule has 0 saturated heterocycles. The molecule has 0 spiro atoms. The molecule has 1 aromatic carbocycles. The fourth-order valence-electron chi connectivity index (χ4n) is 1.16. The lowest BCUT2D eigenvalue weighted by molar-refractivity contribution is 0.0691. The summed E-state index contributed by atoms with van der Waals surface area (Å²) in [6.07, 6.45) is 0. The summed E-state index contributed by atoms with van der Waals surface area (Å²) in [5.41, 5.74) is 0.0781. The fraction of sp³-hybridized carbons (Fsp3) is 0.200. The van der Waals surface area contributed by atoms with Crippen molar-refractivity contribution in [2.45, 2.75) is 12.3 Å². The summed E-state index contributed by atoms with van der Waals surface area (Å²) in [6, 6.07) is 4.62. The van der Waals surface area contributed by atoms with Crippen LogP contribution in [-0.4, -0.2) is 22.2 Å². The van der Waals surface area contributed by atoms with E-state index >= 15 is 0 Å². The maximum atomic E-state index is 11.6. The molecule has 1 aromatic rings. The number of carboxylic acid groups (broad SMARTS) is 1. The Kier molecular flexibility index (Phi) is 3.88. The Bertz CT molecular complexity index is 415. The number of hydrogen-bond acceptors (Lipinski definition) is 2. The van der Waals surface area contributed by atoms with Crippen LogP contribution in [0.4, 0.5) is 0 Å². The van der Waals surface area contributed by atoms with Crippen LogP contribution in [0.25, 0.3) is 0 Å². The first-order valence-electron chi connectivity index (χ1n) is 4.15. The second kappa shape index (κ2) is 4.77. The number of rotatable bonds is 3. The molecule has 0 heterocycles. The van der Waals surface area contributed by atoms with Crippen LogP contribution in [0.5, 0.6) is 0 Å². The van der Waals surface area contributed by atoms with E-state index in [4.69, 9.17) is 16.7 Å². The van der Waals surface area contributed by atoms with Gasteiger partial charge in [0.05, 0.1) is 10.9 Å². The molecule has 0 bridgehead atoms. The Morgan fingerprint density at radius 1 is 1.47 bits per heavy atom. The van der Waals surface area contributed by atoms with Crippen molar-refractivity contribution >= 4 is 39.3 Å². The van der Waals surface area contributed by atoms with Gasteiger partial charge in [0.2, 0.25) is 0 Å². The number of ketones is 1. The van der Waals surface area contributed by atoms with E-state index < -0.39 is 17.1 Å². The minimum Gasteiger partial charge on any atom is -0.478 e. The number of halogens is 2. The first kappa shape index (κ1) is 12.2. The van der Waals surface area contributed by atoms with Crippen molar-refractivity contribution in [1.29, 1.82) is 0 Å². The summed E-state index contributed by atoms with van der Waals surface area (Å²) in [6.45, 7) is 1.51. The molecule has 15 heavy (non-hydrogen) atoms. The molecule has 1 atom stereocenters. The maximum absolute atomic E-state index is 11.6. The van der Waals surface area contributed by atoms with Crippen LogP contribution in [0.3, 0.4) is 0 Å². The molecule has 0 aliphatic rings. The third kappa shape index (κ3) is 2.58. The van der Waals surface area contributed by atoms with Crippen LogP contribution in [0.1, 0.15) is 27.6 Å². The van der Waals surface area contributed by atoms with Crippen molar-refractivity contribution < 1.29 is 14.7 Å². The predicted molar refractivity (Wildman–Crippen MR) is 60.7 cm³/mol. The average Bonchev–Trinajstić information content (AvgIpc) is 2.15. The molecule has 0 aromatic heterocycles. The van der Waals surface area contributed by atoms with Crippen molar-refractivity contribution in [1.82, 2.24) is 0 Å². The molecule has 0 amide bonds. The molecule has 80 valence electrons. The Morgan fingerprint density at radius 2 is 2.07 bits per heavy atom. The molecule has 1 unspecified atom stereocenters. The number of alkyl halides is 1. The van der Waals surface area contributed by atoms with Gasteiger partial charge < -0.3 is 5.11 Å². The quantitative estimate of drug-likeness (QED) is 0.688. The lowest BCUT2D eigenvalue weighted by Crippen LogP contribution is -2.15. The van der Waals surface area contributed by atoms with Crippen molar-refractivity contribution in [3.05, 3.63) is 33.8 Å². The highest BCUT2D eigenvalue weighted by molar-refractivity contribution is 9.10. The maximum Gasteiger partial charge on any atom is 0.337 e. The lowest BCUT2D eigenvalue weighted by atomic mass is 10.0. The van der Waals surface area contributed by atoms with Crippen LogP contribution in [0.15, 0.2) is 22.7 Å². The van der Waals surface area contributed by atoms with E-state index in [2.05, 4.69) is 15.9 Å². The second-order valence-corrected chi connectivity index (χ2v) is 4.46. The minimum atomic E-state index is -1.15. The number of hydrogen-bond donors (Lipinski definition) is 1. The molecule has 1 rings (SSSR count). The zero-order valence-electron chi connectivity index (χ0n) is 7.83. The van der Waals surface area contributed by atoms with Crippen molar-refractivity contribution in [2.75, 3.05) is 0 Å². The summed E-state index contributed by atoms with van der Waals surface area (Å²) in [4.78, 5) is 22.6. The van der Waals surface area contributed by atoms with Crippen molar-refractivity contribution in [3.63, 3.8) is 0 Å². The Balaban J connectivity index is 3.35. The third-order valence-electron chi connectivity index (χ3n) is 1.85. The zero-order chi connectivity index (χ0) is 11.6. The molecule has 1 N–H and O–H groups in total. The van der Waals surface area contributed by atoms with Gasteiger partial charge in [-0.15, -0.1) is 11.6 Å².